The Labute approximate surface area is 134 Å². The van der Waals surface area contributed by atoms with E-state index in [-0.39, 0.29) is 0 Å². The Morgan fingerprint density at radius 1 is 1.24 bits per heavy atom. The predicted octanol–water partition coefficient (Wildman–Crippen LogP) is 3.99. The maximum absolute atomic E-state index is 4.70. The summed E-state index contributed by atoms with van der Waals surface area (Å²) >= 11 is 3.83. The van der Waals surface area contributed by atoms with Crippen molar-refractivity contribution in [2.24, 2.45) is 0 Å². The molecule has 0 spiro atoms. The van der Waals surface area contributed by atoms with E-state index < -0.39 is 0 Å². The minimum absolute atomic E-state index is 0.545. The third kappa shape index (κ3) is 3.43. The van der Waals surface area contributed by atoms with Crippen molar-refractivity contribution < 1.29 is 0 Å². The molecular formula is C15H22N4S2. The van der Waals surface area contributed by atoms with E-state index in [2.05, 4.69) is 35.5 Å². The van der Waals surface area contributed by atoms with Crippen LogP contribution in [0.3, 0.4) is 0 Å². The smallest absolute Gasteiger partial charge is 0.226 e. The number of nitrogens with one attached hydrogen (secondary N) is 2. The minimum atomic E-state index is 0.545. The normalized spacial score (nSPS) is 16.3. The molecule has 2 aromatic heterocycles. The van der Waals surface area contributed by atoms with Gasteiger partial charge in [0.25, 0.3) is 0 Å². The maximum Gasteiger partial charge on any atom is 0.226 e. The number of fused-ring (bicyclic) bond motifs is 1. The molecule has 3 rings (SSSR count). The zero-order valence-corrected chi connectivity index (χ0v) is 14.2. The number of aryl methyl sites for hydroxylation is 1. The van der Waals surface area contributed by atoms with Crippen LogP contribution in [0.2, 0.25) is 0 Å². The van der Waals surface area contributed by atoms with Gasteiger partial charge in [-0.15, -0.1) is 11.3 Å². The second-order valence-corrected chi connectivity index (χ2v) is 7.58. The molecule has 0 aromatic carbocycles. The molecule has 1 aliphatic rings. The van der Waals surface area contributed by atoms with Crippen molar-refractivity contribution in [1.82, 2.24) is 9.97 Å². The molecule has 3 heterocycles. The quantitative estimate of drug-likeness (QED) is 0.871. The third-order valence-electron chi connectivity index (χ3n) is 3.69. The van der Waals surface area contributed by atoms with Crippen LogP contribution in [0, 0.1) is 0 Å². The first-order valence-corrected chi connectivity index (χ1v) is 9.66. The number of hydrogen-bond donors (Lipinski definition) is 2. The topological polar surface area (TPSA) is 49.8 Å². The molecule has 2 aromatic rings. The molecule has 4 nitrogen and oxygen atoms in total. The van der Waals surface area contributed by atoms with Gasteiger partial charge in [-0.25, -0.2) is 4.98 Å². The van der Waals surface area contributed by atoms with Gasteiger partial charge in [-0.05, 0) is 43.8 Å². The standard InChI is InChI=1S/C15H22N4S2/c1-3-11-9-12-13(17-10-5-7-20-8-6-10)18-15(16-4-2)19-14(12)21-11/h9-10H,3-8H2,1-2H3,(H2,16,17,18,19). The summed E-state index contributed by atoms with van der Waals surface area (Å²) < 4.78 is 0. The minimum Gasteiger partial charge on any atom is -0.367 e. The summed E-state index contributed by atoms with van der Waals surface area (Å²) in [5, 5.41) is 8.08. The van der Waals surface area contributed by atoms with E-state index in [1.807, 2.05) is 11.8 Å². The zero-order chi connectivity index (χ0) is 14.7. The predicted molar refractivity (Wildman–Crippen MR) is 94.9 cm³/mol. The lowest BCUT2D eigenvalue weighted by Crippen LogP contribution is -2.25. The van der Waals surface area contributed by atoms with Gasteiger partial charge in [0, 0.05) is 17.5 Å². The molecule has 0 atom stereocenters. The summed E-state index contributed by atoms with van der Waals surface area (Å²) in [6.07, 6.45) is 3.49. The van der Waals surface area contributed by atoms with Crippen molar-refractivity contribution in [3.63, 3.8) is 0 Å². The number of thioether (sulfide) groups is 1. The highest BCUT2D eigenvalue weighted by atomic mass is 32.2. The summed E-state index contributed by atoms with van der Waals surface area (Å²) in [5.74, 6) is 4.23. The van der Waals surface area contributed by atoms with Crippen molar-refractivity contribution in [2.75, 3.05) is 28.7 Å². The van der Waals surface area contributed by atoms with Crippen molar-refractivity contribution in [1.29, 1.82) is 0 Å². The van der Waals surface area contributed by atoms with E-state index in [0.29, 0.717) is 6.04 Å². The molecule has 21 heavy (non-hydrogen) atoms. The Kier molecular flexibility index (Phi) is 4.85. The highest BCUT2D eigenvalue weighted by Crippen LogP contribution is 2.32. The van der Waals surface area contributed by atoms with Crippen LogP contribution >= 0.6 is 23.1 Å². The lowest BCUT2D eigenvalue weighted by molar-refractivity contribution is 0.664. The van der Waals surface area contributed by atoms with E-state index >= 15 is 0 Å². The highest BCUT2D eigenvalue weighted by Gasteiger charge is 2.17. The van der Waals surface area contributed by atoms with Crippen LogP contribution in [0.25, 0.3) is 10.2 Å². The number of hydrogen-bond acceptors (Lipinski definition) is 6. The summed E-state index contributed by atoms with van der Waals surface area (Å²) in [6.45, 7) is 5.11. The fourth-order valence-electron chi connectivity index (χ4n) is 2.53. The third-order valence-corrected chi connectivity index (χ3v) is 5.91. The second-order valence-electron chi connectivity index (χ2n) is 5.24. The molecule has 0 bridgehead atoms. The molecule has 6 heteroatoms. The van der Waals surface area contributed by atoms with Crippen molar-refractivity contribution in [3.8, 4) is 0 Å². The van der Waals surface area contributed by atoms with Gasteiger partial charge in [-0.2, -0.15) is 16.7 Å². The largest absolute Gasteiger partial charge is 0.367 e. The van der Waals surface area contributed by atoms with Crippen LogP contribution in [-0.2, 0) is 6.42 Å². The van der Waals surface area contributed by atoms with E-state index in [4.69, 9.17) is 4.98 Å². The first kappa shape index (κ1) is 14.9. The average molecular weight is 323 g/mol. The van der Waals surface area contributed by atoms with Gasteiger partial charge < -0.3 is 10.6 Å². The van der Waals surface area contributed by atoms with Crippen LogP contribution in [0.15, 0.2) is 6.07 Å². The summed E-state index contributed by atoms with van der Waals surface area (Å²) in [7, 11) is 0. The fourth-order valence-corrected chi connectivity index (χ4v) is 4.60. The lowest BCUT2D eigenvalue weighted by Gasteiger charge is -2.23. The highest BCUT2D eigenvalue weighted by molar-refractivity contribution is 7.99. The first-order valence-electron chi connectivity index (χ1n) is 7.68. The molecular weight excluding hydrogens is 300 g/mol. The molecule has 0 aliphatic carbocycles. The molecule has 0 amide bonds. The number of thiophene rings is 1. The molecule has 114 valence electrons. The van der Waals surface area contributed by atoms with Gasteiger partial charge in [0.2, 0.25) is 5.95 Å². The van der Waals surface area contributed by atoms with E-state index in [1.165, 1.54) is 34.6 Å². The number of rotatable bonds is 5. The van der Waals surface area contributed by atoms with Gasteiger partial charge in [-0.1, -0.05) is 6.92 Å². The molecule has 1 saturated heterocycles. The van der Waals surface area contributed by atoms with Crippen molar-refractivity contribution >= 4 is 45.1 Å². The summed E-state index contributed by atoms with van der Waals surface area (Å²) in [4.78, 5) is 11.8. The van der Waals surface area contributed by atoms with Gasteiger partial charge in [-0.3, -0.25) is 0 Å². The molecule has 0 radical (unpaired) electrons. The monoisotopic (exact) mass is 322 g/mol. The maximum atomic E-state index is 4.70. The summed E-state index contributed by atoms with van der Waals surface area (Å²) in [6, 6.07) is 2.79. The Morgan fingerprint density at radius 3 is 2.76 bits per heavy atom. The van der Waals surface area contributed by atoms with Crippen LogP contribution in [0.5, 0.6) is 0 Å². The van der Waals surface area contributed by atoms with Gasteiger partial charge >= 0.3 is 0 Å². The summed E-state index contributed by atoms with van der Waals surface area (Å²) in [5.41, 5.74) is 0. The van der Waals surface area contributed by atoms with Gasteiger partial charge in [0.05, 0.1) is 5.39 Å². The van der Waals surface area contributed by atoms with Crippen LogP contribution < -0.4 is 10.6 Å². The SMILES string of the molecule is CCNc1nc(NC2CCSCC2)c2cc(CC)sc2n1. The first-order chi connectivity index (χ1) is 10.3. The van der Waals surface area contributed by atoms with Crippen molar-refractivity contribution in [2.45, 2.75) is 39.2 Å². The number of aromatic nitrogens is 2. The molecule has 0 saturated carbocycles. The average Bonchev–Trinajstić information content (AvgIpc) is 2.92. The molecule has 1 aliphatic heterocycles. The zero-order valence-electron chi connectivity index (χ0n) is 12.6. The molecule has 2 N–H and O–H groups in total. The van der Waals surface area contributed by atoms with E-state index in [1.54, 1.807) is 11.3 Å². The second kappa shape index (κ2) is 6.83. The van der Waals surface area contributed by atoms with E-state index in [9.17, 15) is 0 Å². The number of anilines is 2. The van der Waals surface area contributed by atoms with Crippen LogP contribution in [-0.4, -0.2) is 34.1 Å². The molecule has 1 fully saturated rings. The Morgan fingerprint density at radius 2 is 2.05 bits per heavy atom. The van der Waals surface area contributed by atoms with Crippen LogP contribution in [0.4, 0.5) is 11.8 Å². The molecule has 0 unspecified atom stereocenters. The van der Waals surface area contributed by atoms with Gasteiger partial charge in [0.1, 0.15) is 10.6 Å². The Hall–Kier alpha value is -1.01. The van der Waals surface area contributed by atoms with Crippen LogP contribution in [0.1, 0.15) is 31.6 Å². The van der Waals surface area contributed by atoms with Crippen molar-refractivity contribution in [3.05, 3.63) is 10.9 Å². The number of nitrogens with zero attached hydrogens (tertiary/aromatic N) is 2. The Balaban J connectivity index is 1.94. The fraction of sp³-hybridized carbons (Fsp3) is 0.600. The lowest BCUT2D eigenvalue weighted by atomic mass is 10.1. The van der Waals surface area contributed by atoms with Gasteiger partial charge in [0.15, 0.2) is 0 Å². The van der Waals surface area contributed by atoms with E-state index in [0.717, 1.165) is 29.6 Å². The Bertz CT molecular complexity index is 605.